The van der Waals surface area contributed by atoms with Gasteiger partial charge in [0, 0.05) is 12.6 Å². The molecule has 9 heteroatoms. The Hall–Kier alpha value is -1.93. The third kappa shape index (κ3) is 3.48. The smallest absolute Gasteiger partial charge is 0.276 e. The van der Waals surface area contributed by atoms with E-state index < -0.39 is 0 Å². The van der Waals surface area contributed by atoms with Crippen molar-refractivity contribution < 1.29 is 0 Å². The molecule has 4 rings (SSSR count). The van der Waals surface area contributed by atoms with Crippen LogP contribution in [0.4, 0.5) is 0 Å². The SMILES string of the molecule is O=c1[nH]c(C(NCc2ccc(Cl)c(Cl)c2)[C@@H]2CCCN2)nc2cn[nH]c12. The highest BCUT2D eigenvalue weighted by molar-refractivity contribution is 6.42. The van der Waals surface area contributed by atoms with E-state index in [1.807, 2.05) is 12.1 Å². The topological polar surface area (TPSA) is 98.5 Å². The van der Waals surface area contributed by atoms with Crippen molar-refractivity contribution in [2.45, 2.75) is 31.5 Å². The van der Waals surface area contributed by atoms with Crippen molar-refractivity contribution in [3.05, 3.63) is 56.2 Å². The summed E-state index contributed by atoms with van der Waals surface area (Å²) in [5, 5.41) is 14.6. The Morgan fingerprint density at radius 2 is 2.19 bits per heavy atom. The van der Waals surface area contributed by atoms with E-state index in [9.17, 15) is 4.79 Å². The van der Waals surface area contributed by atoms with Gasteiger partial charge in [-0.1, -0.05) is 29.3 Å². The fraction of sp³-hybridized carbons (Fsp3) is 0.353. The molecule has 1 aliphatic heterocycles. The molecule has 7 nitrogen and oxygen atoms in total. The van der Waals surface area contributed by atoms with E-state index in [1.54, 1.807) is 12.3 Å². The molecule has 0 radical (unpaired) electrons. The molecule has 1 aliphatic rings. The molecule has 0 spiro atoms. The predicted octanol–water partition coefficient (Wildman–Crippen LogP) is 2.54. The maximum absolute atomic E-state index is 12.3. The zero-order valence-corrected chi connectivity index (χ0v) is 15.4. The summed E-state index contributed by atoms with van der Waals surface area (Å²) >= 11 is 12.1. The molecule has 3 aromatic rings. The Bertz CT molecular complexity index is 979. The average molecular weight is 393 g/mol. The second-order valence-electron chi connectivity index (χ2n) is 6.39. The molecule has 4 N–H and O–H groups in total. The standard InChI is InChI=1S/C17H18Cl2N6O/c18-10-4-3-9(6-11(10)19)7-21-14(12-2-1-5-20-12)16-23-13-8-22-25-15(13)17(26)24-16/h3-4,6,8,12,14,20-21H,1-2,5,7H2,(H,22,25)(H,23,24,26)/t12-,14?/m0/s1. The summed E-state index contributed by atoms with van der Waals surface area (Å²) in [6.07, 6.45) is 3.66. The van der Waals surface area contributed by atoms with Gasteiger partial charge in [0.05, 0.1) is 22.3 Å². The number of hydrogen-bond donors (Lipinski definition) is 4. The first kappa shape index (κ1) is 17.5. The third-order valence-corrected chi connectivity index (χ3v) is 5.37. The Morgan fingerprint density at radius 3 is 2.96 bits per heavy atom. The van der Waals surface area contributed by atoms with Crippen LogP contribution >= 0.6 is 23.2 Å². The number of fused-ring (bicyclic) bond motifs is 1. The Kier molecular flexibility index (Phi) is 4.95. The summed E-state index contributed by atoms with van der Waals surface area (Å²) in [4.78, 5) is 19.8. The van der Waals surface area contributed by atoms with Crippen LogP contribution in [0.15, 0.2) is 29.2 Å². The fourth-order valence-corrected chi connectivity index (χ4v) is 3.64. The van der Waals surface area contributed by atoms with Gasteiger partial charge in [0.2, 0.25) is 0 Å². The summed E-state index contributed by atoms with van der Waals surface area (Å²) < 4.78 is 0. The monoisotopic (exact) mass is 392 g/mol. The van der Waals surface area contributed by atoms with Crippen LogP contribution in [-0.4, -0.2) is 32.8 Å². The van der Waals surface area contributed by atoms with Crippen molar-refractivity contribution in [2.24, 2.45) is 0 Å². The van der Waals surface area contributed by atoms with Crippen LogP contribution in [0.2, 0.25) is 10.0 Å². The minimum Gasteiger partial charge on any atom is -0.312 e. The highest BCUT2D eigenvalue weighted by Crippen LogP contribution is 2.24. The van der Waals surface area contributed by atoms with Crippen LogP contribution in [-0.2, 0) is 6.54 Å². The lowest BCUT2D eigenvalue weighted by Crippen LogP contribution is -2.39. The summed E-state index contributed by atoms with van der Waals surface area (Å²) in [5.74, 6) is 0.600. The Morgan fingerprint density at radius 1 is 1.31 bits per heavy atom. The molecule has 2 atom stereocenters. The first-order valence-corrected chi connectivity index (χ1v) is 9.21. The first-order valence-electron chi connectivity index (χ1n) is 8.46. The van der Waals surface area contributed by atoms with E-state index in [2.05, 4.69) is 30.8 Å². The molecular formula is C17H18Cl2N6O. The van der Waals surface area contributed by atoms with Crippen LogP contribution in [0.1, 0.15) is 30.3 Å². The van der Waals surface area contributed by atoms with Crippen LogP contribution in [0.5, 0.6) is 0 Å². The lowest BCUT2D eigenvalue weighted by molar-refractivity contribution is 0.395. The van der Waals surface area contributed by atoms with Crippen LogP contribution in [0, 0.1) is 0 Å². The van der Waals surface area contributed by atoms with Gasteiger partial charge in [-0.25, -0.2) is 4.98 Å². The van der Waals surface area contributed by atoms with Gasteiger partial charge in [-0.2, -0.15) is 5.10 Å². The van der Waals surface area contributed by atoms with Crippen LogP contribution < -0.4 is 16.2 Å². The van der Waals surface area contributed by atoms with E-state index >= 15 is 0 Å². The number of halogens is 2. The van der Waals surface area contributed by atoms with Crippen LogP contribution in [0.3, 0.4) is 0 Å². The van der Waals surface area contributed by atoms with Gasteiger partial charge >= 0.3 is 0 Å². The van der Waals surface area contributed by atoms with E-state index in [1.165, 1.54) is 0 Å². The number of hydrogen-bond acceptors (Lipinski definition) is 5. The largest absolute Gasteiger partial charge is 0.312 e. The van der Waals surface area contributed by atoms with Gasteiger partial charge in [0.15, 0.2) is 0 Å². The molecule has 0 saturated carbocycles. The zero-order chi connectivity index (χ0) is 18.1. The maximum Gasteiger partial charge on any atom is 0.276 e. The molecule has 3 heterocycles. The number of rotatable bonds is 5. The highest BCUT2D eigenvalue weighted by Gasteiger charge is 2.28. The molecule has 0 bridgehead atoms. The number of nitrogens with one attached hydrogen (secondary N) is 4. The average Bonchev–Trinajstić information content (AvgIpc) is 3.30. The summed E-state index contributed by atoms with van der Waals surface area (Å²) in [6.45, 7) is 1.53. The molecule has 0 aliphatic carbocycles. The van der Waals surface area contributed by atoms with Gasteiger partial charge in [-0.15, -0.1) is 0 Å². The van der Waals surface area contributed by atoms with Crippen molar-refractivity contribution in [1.82, 2.24) is 30.8 Å². The maximum atomic E-state index is 12.3. The summed E-state index contributed by atoms with van der Waals surface area (Å²) in [7, 11) is 0. The minimum atomic E-state index is -0.221. The molecule has 1 aromatic carbocycles. The van der Waals surface area contributed by atoms with E-state index in [4.69, 9.17) is 23.2 Å². The van der Waals surface area contributed by atoms with E-state index in [0.29, 0.717) is 33.4 Å². The molecular weight excluding hydrogens is 375 g/mol. The van der Waals surface area contributed by atoms with Gasteiger partial charge in [0.1, 0.15) is 16.9 Å². The van der Waals surface area contributed by atoms with Crippen molar-refractivity contribution >= 4 is 34.2 Å². The number of H-pyrrole nitrogens is 2. The van der Waals surface area contributed by atoms with Gasteiger partial charge in [0.25, 0.3) is 5.56 Å². The first-order chi connectivity index (χ1) is 12.6. The predicted molar refractivity (Wildman–Crippen MR) is 102 cm³/mol. The minimum absolute atomic E-state index is 0.140. The zero-order valence-electron chi connectivity index (χ0n) is 13.9. The van der Waals surface area contributed by atoms with Crippen LogP contribution in [0.25, 0.3) is 11.0 Å². The second-order valence-corrected chi connectivity index (χ2v) is 7.21. The Balaban J connectivity index is 1.63. The molecule has 1 fully saturated rings. The molecule has 26 heavy (non-hydrogen) atoms. The van der Waals surface area contributed by atoms with E-state index in [-0.39, 0.29) is 17.6 Å². The molecule has 2 aromatic heterocycles. The van der Waals surface area contributed by atoms with Crippen molar-refractivity contribution in [3.8, 4) is 0 Å². The normalized spacial score (nSPS) is 18.5. The second kappa shape index (κ2) is 7.36. The number of aromatic nitrogens is 4. The fourth-order valence-electron chi connectivity index (χ4n) is 3.32. The lowest BCUT2D eigenvalue weighted by Gasteiger charge is -2.24. The highest BCUT2D eigenvalue weighted by atomic mass is 35.5. The number of nitrogens with zero attached hydrogens (tertiary/aromatic N) is 2. The molecule has 136 valence electrons. The third-order valence-electron chi connectivity index (χ3n) is 4.63. The number of benzene rings is 1. The molecule has 0 amide bonds. The summed E-state index contributed by atoms with van der Waals surface area (Å²) in [6, 6.07) is 5.59. The van der Waals surface area contributed by atoms with Crippen molar-refractivity contribution in [1.29, 1.82) is 0 Å². The van der Waals surface area contributed by atoms with Crippen molar-refractivity contribution in [2.75, 3.05) is 6.54 Å². The number of aromatic amines is 2. The molecule has 1 unspecified atom stereocenters. The Labute approximate surface area is 159 Å². The summed E-state index contributed by atoms with van der Waals surface area (Å²) in [5.41, 5.74) is 1.73. The lowest BCUT2D eigenvalue weighted by atomic mass is 10.0. The van der Waals surface area contributed by atoms with Gasteiger partial charge in [-0.3, -0.25) is 9.89 Å². The quantitative estimate of drug-likeness (QED) is 0.534. The van der Waals surface area contributed by atoms with Crippen molar-refractivity contribution in [3.63, 3.8) is 0 Å². The van der Waals surface area contributed by atoms with E-state index in [0.717, 1.165) is 24.9 Å². The van der Waals surface area contributed by atoms with Gasteiger partial charge < -0.3 is 15.6 Å². The molecule has 1 saturated heterocycles. The van der Waals surface area contributed by atoms with Gasteiger partial charge in [-0.05, 0) is 37.1 Å².